The van der Waals surface area contributed by atoms with Crippen LogP contribution in [0.25, 0.3) is 0 Å². The van der Waals surface area contributed by atoms with E-state index >= 15 is 0 Å². The maximum absolute atomic E-state index is 14.0. The molecule has 11 nitrogen and oxygen atoms in total. The van der Waals surface area contributed by atoms with Crippen LogP contribution in [-0.4, -0.2) is 104 Å². The molecular weight excluding hydrogens is 789 g/mol. The van der Waals surface area contributed by atoms with Crippen LogP contribution in [0.4, 0.5) is 0 Å². The van der Waals surface area contributed by atoms with Gasteiger partial charge in [0.2, 0.25) is 0 Å². The van der Waals surface area contributed by atoms with Crippen LogP contribution >= 0.6 is 0 Å². The van der Waals surface area contributed by atoms with Gasteiger partial charge in [-0.05, 0) is 114 Å². The summed E-state index contributed by atoms with van der Waals surface area (Å²) in [4.78, 5) is 14.0. The Hall–Kier alpha value is -1.93. The van der Waals surface area contributed by atoms with Gasteiger partial charge in [-0.2, -0.15) is 0 Å². The minimum Gasteiger partial charge on any atom is -0.481 e. The first kappa shape index (κ1) is 46.6. The van der Waals surface area contributed by atoms with E-state index in [2.05, 4.69) is 40.7 Å². The van der Waals surface area contributed by atoms with Crippen LogP contribution in [0.3, 0.4) is 0 Å². The lowest BCUT2D eigenvalue weighted by atomic mass is 9.28. The van der Waals surface area contributed by atoms with Crippen molar-refractivity contribution in [3.8, 4) is 0 Å². The Morgan fingerprint density at radius 2 is 1.58 bits per heavy atom. The second kappa shape index (κ2) is 16.7. The molecule has 0 bridgehead atoms. The Morgan fingerprint density at radius 1 is 0.871 bits per heavy atom. The molecular formula is C51H78O11. The lowest BCUT2D eigenvalue weighted by Gasteiger charge is -2.76. The summed E-state index contributed by atoms with van der Waals surface area (Å²) >= 11 is 0. The molecule has 62 heavy (non-hydrogen) atoms. The molecule has 0 unspecified atom stereocenters. The van der Waals surface area contributed by atoms with E-state index in [1.54, 1.807) is 0 Å². The lowest BCUT2D eigenvalue weighted by Crippen LogP contribution is -2.73. The Labute approximate surface area is 369 Å². The van der Waals surface area contributed by atoms with Crippen LogP contribution in [0.2, 0.25) is 0 Å². The van der Waals surface area contributed by atoms with Crippen molar-refractivity contribution in [3.63, 3.8) is 0 Å². The highest BCUT2D eigenvalue weighted by Gasteiger charge is 2.77. The third kappa shape index (κ3) is 6.86. The van der Waals surface area contributed by atoms with Crippen LogP contribution in [0.5, 0.6) is 0 Å². The van der Waals surface area contributed by atoms with E-state index in [9.17, 15) is 40.5 Å². The van der Waals surface area contributed by atoms with Crippen molar-refractivity contribution >= 4 is 5.97 Å². The van der Waals surface area contributed by atoms with Crippen molar-refractivity contribution in [2.75, 3.05) is 19.8 Å². The number of rotatable bonds is 12. The first-order valence-electron chi connectivity index (χ1n) is 24.2. The quantitative estimate of drug-likeness (QED) is 0.0667. The molecule has 7 N–H and O–H groups in total. The number of ether oxygens (including phenoxy) is 3. The number of aliphatic hydroxyl groups excluding tert-OH is 6. The number of aliphatic hydroxyl groups is 6. The highest BCUT2D eigenvalue weighted by Crippen LogP contribution is 2.81. The number of unbranched alkanes of at least 4 members (excludes halogenated alkanes) is 2. The number of carboxylic acid groups (broad SMARTS) is 1. The van der Waals surface area contributed by atoms with Crippen LogP contribution in [0, 0.1) is 61.6 Å². The number of benzene rings is 1. The van der Waals surface area contributed by atoms with Crippen molar-refractivity contribution in [2.45, 2.75) is 181 Å². The predicted molar refractivity (Wildman–Crippen MR) is 233 cm³/mol. The fourth-order valence-corrected chi connectivity index (χ4v) is 16.6. The molecule has 1 aromatic carbocycles. The first-order valence-corrected chi connectivity index (χ1v) is 24.2. The smallest absolute Gasteiger partial charge is 0.312 e. The molecule has 0 amide bonds. The Morgan fingerprint density at radius 3 is 2.23 bits per heavy atom. The van der Waals surface area contributed by atoms with Gasteiger partial charge >= 0.3 is 5.97 Å². The van der Waals surface area contributed by atoms with Gasteiger partial charge in [-0.25, -0.2) is 0 Å². The van der Waals surface area contributed by atoms with Gasteiger partial charge in [-0.15, -0.1) is 0 Å². The van der Waals surface area contributed by atoms with Crippen LogP contribution in [0.1, 0.15) is 137 Å². The van der Waals surface area contributed by atoms with Gasteiger partial charge < -0.3 is 50.0 Å². The largest absolute Gasteiger partial charge is 0.481 e. The van der Waals surface area contributed by atoms with E-state index in [1.807, 2.05) is 37.3 Å². The number of carboxylic acids is 1. The van der Waals surface area contributed by atoms with Gasteiger partial charge in [0, 0.05) is 12.0 Å². The summed E-state index contributed by atoms with van der Waals surface area (Å²) in [7, 11) is 0. The third-order valence-corrected chi connectivity index (χ3v) is 19.5. The zero-order valence-electron chi connectivity index (χ0n) is 38.3. The molecule has 1 aliphatic heterocycles. The summed E-state index contributed by atoms with van der Waals surface area (Å²) in [5, 5.41) is 78.6. The molecule has 0 radical (unpaired) electrons. The second-order valence-corrected chi connectivity index (χ2v) is 22.9. The van der Waals surface area contributed by atoms with E-state index in [0.717, 1.165) is 69.8 Å². The van der Waals surface area contributed by atoms with E-state index in [0.29, 0.717) is 25.9 Å². The van der Waals surface area contributed by atoms with Crippen molar-refractivity contribution < 1.29 is 54.8 Å². The highest BCUT2D eigenvalue weighted by atomic mass is 16.7. The average molecular weight is 867 g/mol. The van der Waals surface area contributed by atoms with Crippen molar-refractivity contribution in [1.82, 2.24) is 0 Å². The van der Waals surface area contributed by atoms with Gasteiger partial charge in [0.1, 0.15) is 23.7 Å². The Kier molecular flexibility index (Phi) is 12.6. The monoisotopic (exact) mass is 867 g/mol. The van der Waals surface area contributed by atoms with Gasteiger partial charge in [0.05, 0.1) is 38.1 Å². The molecule has 1 spiro atoms. The second-order valence-electron chi connectivity index (χ2n) is 22.9. The molecule has 1 heterocycles. The van der Waals surface area contributed by atoms with Gasteiger partial charge in [-0.1, -0.05) is 116 Å². The lowest BCUT2D eigenvalue weighted by molar-refractivity contribution is -0.337. The SMILES string of the molecule is CCCCC[C@H]1C[C@@]2(C(=O)O)[C@@H](O)C[C@](C)(CO)C[C@H]2C2=CC3(CCCC3)[C@@H]3[C@@]4(C)C[C@@H](OCc5ccccc5)[C@@H](O[C@@H]5OC[C@@H](O)[C@H](O)[C@H]5O)[C@@](C)(CO)[C@H]4CC[C@@]3(C)[C@@]21C. The molecule has 7 aliphatic rings. The molecule has 17 atom stereocenters. The van der Waals surface area contributed by atoms with Crippen LogP contribution in [0.15, 0.2) is 42.0 Å². The molecule has 6 aliphatic carbocycles. The van der Waals surface area contributed by atoms with E-state index in [4.69, 9.17) is 14.2 Å². The third-order valence-electron chi connectivity index (χ3n) is 19.5. The zero-order chi connectivity index (χ0) is 44.7. The minimum atomic E-state index is -1.50. The van der Waals surface area contributed by atoms with E-state index in [-0.39, 0.29) is 54.8 Å². The molecule has 1 aromatic rings. The summed E-state index contributed by atoms with van der Waals surface area (Å²) in [6.07, 6.45) is 6.26. The molecule has 348 valence electrons. The maximum Gasteiger partial charge on any atom is 0.312 e. The molecule has 0 aromatic heterocycles. The number of fused-ring (bicyclic) bond motifs is 8. The summed E-state index contributed by atoms with van der Waals surface area (Å²) in [5.74, 6) is -1.23. The van der Waals surface area contributed by atoms with Crippen molar-refractivity contribution in [3.05, 3.63) is 47.5 Å². The van der Waals surface area contributed by atoms with Crippen molar-refractivity contribution in [1.29, 1.82) is 0 Å². The standard InChI is InChI=1S/C51H78O11/c1-7-8-10-17-32-22-51(44(58)59)34(23-45(2,29-52)26-38(51)55)33-24-50(19-13-14-20-50)43-46(3)25-36(60-27-31-15-11-9-12-16-31)41(62-42-40(57)39(56)35(54)28-61-42)47(4,30-53)37(46)18-21-48(43,5)49(32,33)6/h9,11-12,15-16,24,32,34-43,52-57H,7-8,10,13-14,17-23,25-30H2,1-6H3,(H,58,59)/t32-,34-,35+,36+,37-,38-,39-,40+,41+,42-,43+,45+,46-,47-,48+,49+,51-/m0/s1. The predicted octanol–water partition coefficient (Wildman–Crippen LogP) is 6.78. The molecule has 1 saturated heterocycles. The number of carbonyl (C=O) groups is 1. The maximum atomic E-state index is 14.0. The minimum absolute atomic E-state index is 0.00734. The molecule has 11 heteroatoms. The summed E-state index contributed by atoms with van der Waals surface area (Å²) in [5.41, 5.74) is -1.99. The summed E-state index contributed by atoms with van der Waals surface area (Å²) < 4.78 is 19.7. The number of aliphatic carboxylic acids is 1. The average Bonchev–Trinajstić information content (AvgIpc) is 3.70. The number of hydrogen-bond acceptors (Lipinski definition) is 10. The van der Waals surface area contributed by atoms with Crippen LogP contribution < -0.4 is 0 Å². The number of allylic oxidation sites excluding steroid dienone is 2. The van der Waals surface area contributed by atoms with Gasteiger partial charge in [-0.3, -0.25) is 4.79 Å². The molecule has 6 fully saturated rings. The Bertz CT molecular complexity index is 1800. The number of hydrogen-bond donors (Lipinski definition) is 7. The van der Waals surface area contributed by atoms with Gasteiger partial charge in [0.25, 0.3) is 0 Å². The van der Waals surface area contributed by atoms with E-state index in [1.165, 1.54) is 5.57 Å². The highest BCUT2D eigenvalue weighted by molar-refractivity contribution is 5.78. The summed E-state index contributed by atoms with van der Waals surface area (Å²) in [6, 6.07) is 10.0. The molecule has 8 rings (SSSR count). The van der Waals surface area contributed by atoms with Gasteiger partial charge in [0.15, 0.2) is 6.29 Å². The molecule has 5 saturated carbocycles. The Balaban J connectivity index is 1.30. The normalized spacial score (nSPS) is 48.4. The van der Waals surface area contributed by atoms with Crippen LogP contribution in [-0.2, 0) is 25.6 Å². The fraction of sp³-hybridized carbons (Fsp3) is 0.824. The topological polar surface area (TPSA) is 186 Å². The fourth-order valence-electron chi connectivity index (χ4n) is 16.6. The van der Waals surface area contributed by atoms with E-state index < -0.39 is 81.9 Å². The first-order chi connectivity index (χ1) is 29.3. The zero-order valence-corrected chi connectivity index (χ0v) is 38.3. The van der Waals surface area contributed by atoms with Crippen molar-refractivity contribution in [2.24, 2.45) is 61.6 Å². The summed E-state index contributed by atoms with van der Waals surface area (Å²) in [6.45, 7) is 13.5.